The first-order valence-corrected chi connectivity index (χ1v) is 9.18. The van der Waals surface area contributed by atoms with Crippen molar-refractivity contribution in [2.75, 3.05) is 44.3 Å². The van der Waals surface area contributed by atoms with Gasteiger partial charge in [-0.1, -0.05) is 18.2 Å². The number of nitrogens with one attached hydrogen (secondary N) is 1. The molecule has 1 aromatic carbocycles. The van der Waals surface area contributed by atoms with E-state index in [-0.39, 0.29) is 24.0 Å². The average molecular weight is 458 g/mol. The van der Waals surface area contributed by atoms with E-state index in [0.29, 0.717) is 12.1 Å². The third-order valence-corrected chi connectivity index (χ3v) is 4.97. The summed E-state index contributed by atoms with van der Waals surface area (Å²) in [5, 5.41) is 3.47. The molecule has 0 bridgehead atoms. The highest BCUT2D eigenvalue weighted by molar-refractivity contribution is 14.0. The molecule has 2 aliphatic heterocycles. The maximum atomic E-state index is 5.55. The van der Waals surface area contributed by atoms with E-state index in [9.17, 15) is 0 Å². The van der Waals surface area contributed by atoms with Crippen LogP contribution in [0.4, 0.5) is 5.69 Å². The van der Waals surface area contributed by atoms with Gasteiger partial charge in [0.05, 0.1) is 19.8 Å². The second-order valence-corrected chi connectivity index (χ2v) is 6.74. The zero-order valence-corrected chi connectivity index (χ0v) is 17.9. The molecule has 25 heavy (non-hydrogen) atoms. The highest BCUT2D eigenvalue weighted by Gasteiger charge is 2.25. The van der Waals surface area contributed by atoms with Crippen molar-refractivity contribution in [3.8, 4) is 0 Å². The Morgan fingerprint density at radius 3 is 2.92 bits per heavy atom. The number of para-hydroxylation sites is 1. The quantitative estimate of drug-likeness (QED) is 0.428. The second-order valence-electron chi connectivity index (χ2n) is 6.74. The van der Waals surface area contributed by atoms with Gasteiger partial charge < -0.3 is 15.0 Å². The van der Waals surface area contributed by atoms with Crippen LogP contribution in [0.1, 0.15) is 26.3 Å². The molecule has 0 spiro atoms. The molecule has 2 unspecified atom stereocenters. The molecule has 140 valence electrons. The highest BCUT2D eigenvalue weighted by atomic mass is 127. The summed E-state index contributed by atoms with van der Waals surface area (Å²) in [5.41, 5.74) is 2.71. The molecule has 0 aromatic heterocycles. The van der Waals surface area contributed by atoms with Crippen LogP contribution in [0.3, 0.4) is 0 Å². The van der Waals surface area contributed by atoms with E-state index in [0.717, 1.165) is 51.8 Å². The van der Waals surface area contributed by atoms with Gasteiger partial charge in [0.25, 0.3) is 0 Å². The minimum absolute atomic E-state index is 0. The van der Waals surface area contributed by atoms with Crippen LogP contribution in [0.5, 0.6) is 0 Å². The lowest BCUT2D eigenvalue weighted by atomic mass is 10.2. The molecule has 0 radical (unpaired) electrons. The minimum atomic E-state index is 0. The van der Waals surface area contributed by atoms with Crippen LogP contribution in [0.25, 0.3) is 0 Å². The number of anilines is 1. The smallest absolute Gasteiger partial charge is 0.198 e. The molecule has 2 aliphatic rings. The first kappa shape index (κ1) is 20.5. The van der Waals surface area contributed by atoms with Gasteiger partial charge in [0.15, 0.2) is 5.96 Å². The first-order valence-electron chi connectivity index (χ1n) is 9.18. The molecule has 2 heterocycles. The molecule has 1 N–H and O–H groups in total. The number of halogens is 1. The summed E-state index contributed by atoms with van der Waals surface area (Å²) in [6.45, 7) is 12.0. The second kappa shape index (κ2) is 9.73. The van der Waals surface area contributed by atoms with E-state index >= 15 is 0 Å². The standard InChI is InChI=1S/C19H30N4O.HI/c1-4-20-19(23-10-9-17-7-5-6-8-18(17)23)21-13-15(2)22-11-12-24-14-16(22)3;/h5-8,15-16H,4,9-14H2,1-3H3,(H,20,21);1H. The molecule has 0 saturated carbocycles. The lowest BCUT2D eigenvalue weighted by molar-refractivity contribution is -0.0165. The lowest BCUT2D eigenvalue weighted by Gasteiger charge is -2.37. The zero-order valence-electron chi connectivity index (χ0n) is 15.6. The fraction of sp³-hybridized carbons (Fsp3) is 0.632. The molecular weight excluding hydrogens is 427 g/mol. The summed E-state index contributed by atoms with van der Waals surface area (Å²) < 4.78 is 5.55. The summed E-state index contributed by atoms with van der Waals surface area (Å²) >= 11 is 0. The molecule has 1 aromatic rings. The van der Waals surface area contributed by atoms with Gasteiger partial charge in [-0.3, -0.25) is 9.89 Å². The van der Waals surface area contributed by atoms with Gasteiger partial charge in [-0.25, -0.2) is 0 Å². The summed E-state index contributed by atoms with van der Waals surface area (Å²) in [7, 11) is 0. The van der Waals surface area contributed by atoms with Gasteiger partial charge >= 0.3 is 0 Å². The maximum Gasteiger partial charge on any atom is 0.198 e. The van der Waals surface area contributed by atoms with Crippen LogP contribution >= 0.6 is 24.0 Å². The fourth-order valence-corrected chi connectivity index (χ4v) is 3.67. The van der Waals surface area contributed by atoms with Crippen LogP contribution in [0.15, 0.2) is 29.3 Å². The molecular formula is C19H31IN4O. The van der Waals surface area contributed by atoms with Gasteiger partial charge in [-0.15, -0.1) is 24.0 Å². The Hall–Kier alpha value is -0.860. The van der Waals surface area contributed by atoms with E-state index in [4.69, 9.17) is 9.73 Å². The molecule has 1 fully saturated rings. The highest BCUT2D eigenvalue weighted by Crippen LogP contribution is 2.27. The van der Waals surface area contributed by atoms with Crippen molar-refractivity contribution in [2.24, 2.45) is 4.99 Å². The molecule has 0 amide bonds. The molecule has 5 nitrogen and oxygen atoms in total. The average Bonchev–Trinajstić information content (AvgIpc) is 3.03. The van der Waals surface area contributed by atoms with Crippen LogP contribution in [-0.2, 0) is 11.2 Å². The third kappa shape index (κ3) is 4.86. The number of aliphatic imine (C=N–C) groups is 1. The number of nitrogens with zero attached hydrogens (tertiary/aromatic N) is 3. The molecule has 0 aliphatic carbocycles. The SMILES string of the molecule is CCNC(=NCC(C)N1CCOCC1C)N1CCc2ccccc21.I. The normalized spacial score (nSPS) is 22.3. The van der Waals surface area contributed by atoms with Gasteiger partial charge in [-0.2, -0.15) is 0 Å². The van der Waals surface area contributed by atoms with Crippen LogP contribution in [-0.4, -0.2) is 62.3 Å². The zero-order chi connectivity index (χ0) is 16.9. The van der Waals surface area contributed by atoms with Gasteiger partial charge in [0, 0.05) is 37.4 Å². The largest absolute Gasteiger partial charge is 0.379 e. The van der Waals surface area contributed by atoms with E-state index < -0.39 is 0 Å². The minimum Gasteiger partial charge on any atom is -0.379 e. The number of fused-ring (bicyclic) bond motifs is 1. The Balaban J connectivity index is 0.00000225. The number of rotatable bonds is 4. The molecule has 2 atom stereocenters. The monoisotopic (exact) mass is 458 g/mol. The Kier molecular flexibility index (Phi) is 7.96. The van der Waals surface area contributed by atoms with Gasteiger partial charge in [0.2, 0.25) is 0 Å². The van der Waals surface area contributed by atoms with Crippen molar-refractivity contribution in [3.05, 3.63) is 29.8 Å². The number of benzene rings is 1. The lowest BCUT2D eigenvalue weighted by Crippen LogP contribution is -2.50. The third-order valence-electron chi connectivity index (χ3n) is 4.97. The van der Waals surface area contributed by atoms with Crippen LogP contribution in [0.2, 0.25) is 0 Å². The predicted molar refractivity (Wildman–Crippen MR) is 115 cm³/mol. The van der Waals surface area contributed by atoms with Crippen molar-refractivity contribution in [3.63, 3.8) is 0 Å². The van der Waals surface area contributed by atoms with E-state index in [1.807, 2.05) is 0 Å². The van der Waals surface area contributed by atoms with E-state index in [1.165, 1.54) is 11.3 Å². The van der Waals surface area contributed by atoms with Crippen LogP contribution in [0, 0.1) is 0 Å². The van der Waals surface area contributed by atoms with Crippen molar-refractivity contribution < 1.29 is 4.74 Å². The van der Waals surface area contributed by atoms with Gasteiger partial charge in [-0.05, 0) is 38.8 Å². The fourth-order valence-electron chi connectivity index (χ4n) is 3.67. The Morgan fingerprint density at radius 1 is 1.36 bits per heavy atom. The number of hydrogen-bond donors (Lipinski definition) is 1. The predicted octanol–water partition coefficient (Wildman–Crippen LogP) is 2.74. The Labute approximate surface area is 168 Å². The summed E-state index contributed by atoms with van der Waals surface area (Å²) in [6.07, 6.45) is 1.09. The van der Waals surface area contributed by atoms with Gasteiger partial charge in [0.1, 0.15) is 0 Å². The number of hydrogen-bond acceptors (Lipinski definition) is 3. The Morgan fingerprint density at radius 2 is 2.16 bits per heavy atom. The summed E-state index contributed by atoms with van der Waals surface area (Å²) in [5.74, 6) is 1.01. The Bertz CT molecular complexity index is 580. The van der Waals surface area contributed by atoms with Crippen molar-refractivity contribution in [1.29, 1.82) is 0 Å². The molecule has 1 saturated heterocycles. The number of guanidine groups is 1. The summed E-state index contributed by atoms with van der Waals surface area (Å²) in [6, 6.07) is 9.54. The molecule has 3 rings (SSSR count). The topological polar surface area (TPSA) is 40.1 Å². The van der Waals surface area contributed by atoms with Crippen molar-refractivity contribution >= 4 is 35.6 Å². The van der Waals surface area contributed by atoms with E-state index in [2.05, 4.69) is 60.2 Å². The first-order chi connectivity index (χ1) is 11.7. The van der Waals surface area contributed by atoms with Crippen molar-refractivity contribution in [1.82, 2.24) is 10.2 Å². The van der Waals surface area contributed by atoms with E-state index in [1.54, 1.807) is 0 Å². The maximum absolute atomic E-state index is 5.55. The summed E-state index contributed by atoms with van der Waals surface area (Å²) in [4.78, 5) is 9.79. The number of morpholine rings is 1. The van der Waals surface area contributed by atoms with Crippen LogP contribution < -0.4 is 10.2 Å². The van der Waals surface area contributed by atoms with Crippen molar-refractivity contribution in [2.45, 2.75) is 39.3 Å². The number of ether oxygens (including phenoxy) is 1. The molecule has 6 heteroatoms.